The van der Waals surface area contributed by atoms with Crippen molar-refractivity contribution in [1.82, 2.24) is 4.90 Å². The number of amides is 1. The minimum Gasteiger partial charge on any atom is -0.381 e. The summed E-state index contributed by atoms with van der Waals surface area (Å²) in [6.07, 6.45) is 3.22. The minimum absolute atomic E-state index is 0.0915. The van der Waals surface area contributed by atoms with E-state index in [2.05, 4.69) is 40.8 Å². The Kier molecular flexibility index (Phi) is 4.93. The Hall–Kier alpha value is -2.33. The molecule has 0 bridgehead atoms. The zero-order valence-electron chi connectivity index (χ0n) is 15.3. The van der Waals surface area contributed by atoms with Crippen LogP contribution in [0.3, 0.4) is 0 Å². The molecule has 1 saturated carbocycles. The van der Waals surface area contributed by atoms with Gasteiger partial charge in [0, 0.05) is 12.0 Å². The van der Waals surface area contributed by atoms with Crippen LogP contribution in [0.2, 0.25) is 0 Å². The summed E-state index contributed by atoms with van der Waals surface area (Å²) in [4.78, 5) is 15.1. The van der Waals surface area contributed by atoms with Crippen LogP contribution in [0.5, 0.6) is 0 Å². The summed E-state index contributed by atoms with van der Waals surface area (Å²) in [6.45, 7) is 2.24. The zero-order chi connectivity index (χ0) is 17.9. The van der Waals surface area contributed by atoms with E-state index in [1.807, 2.05) is 36.4 Å². The lowest BCUT2D eigenvalue weighted by Crippen LogP contribution is -2.36. The molecule has 1 aliphatic heterocycles. The first-order valence-corrected chi connectivity index (χ1v) is 9.60. The van der Waals surface area contributed by atoms with E-state index in [4.69, 9.17) is 0 Å². The summed E-state index contributed by atoms with van der Waals surface area (Å²) < 4.78 is 0. The number of carbonyl (C=O) groups is 1. The molecular weight excluding hydrogens is 322 g/mol. The highest BCUT2D eigenvalue weighted by Gasteiger charge is 2.43. The topological polar surface area (TPSA) is 44.4 Å². The molecule has 26 heavy (non-hydrogen) atoms. The van der Waals surface area contributed by atoms with Crippen LogP contribution in [0, 0.1) is 5.92 Å². The number of nitrogens with one attached hydrogen (secondary N) is 2. The van der Waals surface area contributed by atoms with Crippen LogP contribution in [-0.4, -0.2) is 37.0 Å². The van der Waals surface area contributed by atoms with E-state index in [-0.39, 0.29) is 11.8 Å². The van der Waals surface area contributed by atoms with Gasteiger partial charge in [-0.1, -0.05) is 42.5 Å². The van der Waals surface area contributed by atoms with Gasteiger partial charge in [-0.25, -0.2) is 0 Å². The van der Waals surface area contributed by atoms with Crippen molar-refractivity contribution in [2.24, 2.45) is 5.92 Å². The first kappa shape index (κ1) is 17.1. The molecule has 1 saturated heterocycles. The number of rotatable bonds is 5. The lowest BCUT2D eigenvalue weighted by Gasteiger charge is -2.30. The van der Waals surface area contributed by atoms with Gasteiger partial charge in [-0.2, -0.15) is 0 Å². The van der Waals surface area contributed by atoms with Crippen molar-refractivity contribution in [3.8, 4) is 0 Å². The highest BCUT2D eigenvalue weighted by Crippen LogP contribution is 2.48. The molecule has 2 aromatic rings. The quantitative estimate of drug-likeness (QED) is 0.859. The molecule has 0 spiro atoms. The van der Waals surface area contributed by atoms with Crippen molar-refractivity contribution < 1.29 is 4.79 Å². The highest BCUT2D eigenvalue weighted by molar-refractivity contribution is 5.97. The highest BCUT2D eigenvalue weighted by atomic mass is 16.2. The van der Waals surface area contributed by atoms with Gasteiger partial charge in [0.25, 0.3) is 0 Å². The van der Waals surface area contributed by atoms with Crippen molar-refractivity contribution in [2.75, 3.05) is 30.8 Å². The maximum atomic E-state index is 12.7. The number of hydrogen-bond acceptors (Lipinski definition) is 3. The van der Waals surface area contributed by atoms with Crippen LogP contribution in [-0.2, 0) is 4.79 Å². The van der Waals surface area contributed by atoms with E-state index in [0.717, 1.165) is 43.7 Å². The second kappa shape index (κ2) is 7.50. The number of para-hydroxylation sites is 2. The molecule has 2 aliphatic rings. The van der Waals surface area contributed by atoms with Gasteiger partial charge in [0.05, 0.1) is 11.4 Å². The van der Waals surface area contributed by atoms with E-state index in [9.17, 15) is 4.79 Å². The molecule has 0 unspecified atom stereocenters. The van der Waals surface area contributed by atoms with E-state index < -0.39 is 0 Å². The summed E-state index contributed by atoms with van der Waals surface area (Å²) in [5, 5.41) is 6.79. The Bertz CT molecular complexity index is 753. The fraction of sp³-hybridized carbons (Fsp3) is 0.409. The summed E-state index contributed by atoms with van der Waals surface area (Å²) in [7, 11) is 2.17. The second-order valence-electron chi connectivity index (χ2n) is 7.62. The van der Waals surface area contributed by atoms with Crippen LogP contribution < -0.4 is 10.6 Å². The first-order chi connectivity index (χ1) is 12.7. The Balaban J connectivity index is 1.38. The molecule has 2 fully saturated rings. The lowest BCUT2D eigenvalue weighted by molar-refractivity contribution is -0.117. The van der Waals surface area contributed by atoms with Crippen LogP contribution in [0.1, 0.15) is 30.7 Å². The molecule has 2 atom stereocenters. The van der Waals surface area contributed by atoms with Crippen LogP contribution in [0.25, 0.3) is 0 Å². The van der Waals surface area contributed by atoms with Crippen LogP contribution >= 0.6 is 0 Å². The molecule has 0 aromatic heterocycles. The predicted octanol–water partition coefficient (Wildman–Crippen LogP) is 3.93. The summed E-state index contributed by atoms with van der Waals surface area (Å²) in [6, 6.07) is 18.9. The van der Waals surface area contributed by atoms with Crippen molar-refractivity contribution >= 4 is 17.3 Å². The average molecular weight is 349 g/mol. The van der Waals surface area contributed by atoms with Crippen molar-refractivity contribution in [3.05, 3.63) is 60.2 Å². The largest absolute Gasteiger partial charge is 0.381 e. The van der Waals surface area contributed by atoms with Gasteiger partial charge < -0.3 is 15.5 Å². The van der Waals surface area contributed by atoms with Gasteiger partial charge in [-0.05, 0) is 63.0 Å². The number of benzene rings is 2. The van der Waals surface area contributed by atoms with E-state index >= 15 is 0 Å². The van der Waals surface area contributed by atoms with Crippen molar-refractivity contribution in [3.63, 3.8) is 0 Å². The molecule has 2 aromatic carbocycles. The average Bonchev–Trinajstić information content (AvgIpc) is 3.47. The van der Waals surface area contributed by atoms with E-state index in [1.54, 1.807) is 0 Å². The van der Waals surface area contributed by atoms with Gasteiger partial charge in [-0.15, -0.1) is 0 Å². The number of anilines is 2. The number of piperidine rings is 1. The van der Waals surface area contributed by atoms with Crippen molar-refractivity contribution in [2.45, 2.75) is 31.2 Å². The Labute approximate surface area is 155 Å². The van der Waals surface area contributed by atoms with Gasteiger partial charge in [-0.3, -0.25) is 4.79 Å². The van der Waals surface area contributed by atoms with Gasteiger partial charge in [0.2, 0.25) is 5.91 Å². The number of likely N-dealkylation sites (tertiary alicyclic amines) is 1. The SMILES string of the molecule is CN1CCC(Nc2ccccc2NC(=O)[C@H]2C[C@H]2c2ccccc2)CC1. The summed E-state index contributed by atoms with van der Waals surface area (Å²) in [5.41, 5.74) is 3.20. The standard InChI is InChI=1S/C22H27N3O/c1-25-13-11-17(12-14-25)23-20-9-5-6-10-21(20)24-22(26)19-15-18(19)16-7-3-2-4-8-16/h2-10,17-19,23H,11-15H2,1H3,(H,24,26)/t18-,19-/m0/s1. The Morgan fingerprint density at radius 3 is 2.35 bits per heavy atom. The van der Waals surface area contributed by atoms with Gasteiger partial charge in [0.15, 0.2) is 0 Å². The smallest absolute Gasteiger partial charge is 0.228 e. The molecule has 1 amide bonds. The Morgan fingerprint density at radius 1 is 0.962 bits per heavy atom. The van der Waals surface area contributed by atoms with Crippen LogP contribution in [0.4, 0.5) is 11.4 Å². The zero-order valence-corrected chi connectivity index (χ0v) is 15.3. The third kappa shape index (κ3) is 3.91. The van der Waals surface area contributed by atoms with Crippen LogP contribution in [0.15, 0.2) is 54.6 Å². The molecule has 4 rings (SSSR count). The normalized spacial score (nSPS) is 23.4. The molecule has 4 heteroatoms. The van der Waals surface area contributed by atoms with Gasteiger partial charge >= 0.3 is 0 Å². The third-order valence-electron chi connectivity index (χ3n) is 5.62. The monoisotopic (exact) mass is 349 g/mol. The fourth-order valence-corrected chi connectivity index (χ4v) is 3.87. The molecule has 0 radical (unpaired) electrons. The number of carbonyl (C=O) groups excluding carboxylic acids is 1. The second-order valence-corrected chi connectivity index (χ2v) is 7.62. The molecule has 1 aliphatic carbocycles. The Morgan fingerprint density at radius 2 is 1.62 bits per heavy atom. The first-order valence-electron chi connectivity index (χ1n) is 9.60. The molecule has 136 valence electrons. The van der Waals surface area contributed by atoms with E-state index in [0.29, 0.717) is 12.0 Å². The summed E-state index contributed by atoms with van der Waals surface area (Å²) >= 11 is 0. The van der Waals surface area contributed by atoms with E-state index in [1.165, 1.54) is 5.56 Å². The molecular formula is C22H27N3O. The third-order valence-corrected chi connectivity index (χ3v) is 5.62. The fourth-order valence-electron chi connectivity index (χ4n) is 3.87. The maximum absolute atomic E-state index is 12.7. The number of hydrogen-bond donors (Lipinski definition) is 2. The van der Waals surface area contributed by atoms with Gasteiger partial charge in [0.1, 0.15) is 0 Å². The number of nitrogens with zero attached hydrogens (tertiary/aromatic N) is 1. The maximum Gasteiger partial charge on any atom is 0.228 e. The molecule has 4 nitrogen and oxygen atoms in total. The lowest BCUT2D eigenvalue weighted by atomic mass is 10.0. The summed E-state index contributed by atoms with van der Waals surface area (Å²) in [5.74, 6) is 0.593. The minimum atomic E-state index is 0.0915. The van der Waals surface area contributed by atoms with Crippen molar-refractivity contribution in [1.29, 1.82) is 0 Å². The molecule has 1 heterocycles. The molecule has 2 N–H and O–H groups in total. The predicted molar refractivity (Wildman–Crippen MR) is 107 cm³/mol.